The van der Waals surface area contributed by atoms with Crippen molar-refractivity contribution in [2.24, 2.45) is 5.73 Å². The maximum absolute atomic E-state index is 11.2. The Hall–Kier alpha value is -2.94. The fraction of sp³-hybridized carbons (Fsp3) is 0.200. The van der Waals surface area contributed by atoms with Gasteiger partial charge in [-0.3, -0.25) is 14.9 Å². The van der Waals surface area contributed by atoms with Crippen molar-refractivity contribution in [2.45, 2.75) is 27.6 Å². The second kappa shape index (κ2) is 10.3. The number of methoxy groups -OCH3 is 1. The highest BCUT2D eigenvalue weighted by Crippen LogP contribution is 2.46. The first-order valence-electron chi connectivity index (χ1n) is 10.5. The van der Waals surface area contributed by atoms with Crippen LogP contribution in [0.2, 0.25) is 0 Å². The van der Waals surface area contributed by atoms with E-state index in [0.717, 1.165) is 34.5 Å². The van der Waals surface area contributed by atoms with Crippen LogP contribution in [0.4, 0.5) is 5.69 Å². The number of carbonyl (C=O) groups excluding carboxylic acids is 1. The Morgan fingerprint density at radius 1 is 1.24 bits per heavy atom. The molecule has 1 aliphatic heterocycles. The van der Waals surface area contributed by atoms with Crippen LogP contribution < -0.4 is 20.1 Å². The van der Waals surface area contributed by atoms with Crippen molar-refractivity contribution in [1.82, 2.24) is 4.72 Å². The molecule has 0 saturated carbocycles. The van der Waals surface area contributed by atoms with Gasteiger partial charge in [-0.05, 0) is 60.3 Å². The lowest BCUT2D eigenvalue weighted by atomic mass is 10.0. The van der Waals surface area contributed by atoms with Crippen molar-refractivity contribution in [3.05, 3.63) is 83.4 Å². The summed E-state index contributed by atoms with van der Waals surface area (Å²) in [5, 5.41) is 7.91. The minimum absolute atomic E-state index is 0.0606. The van der Waals surface area contributed by atoms with Crippen molar-refractivity contribution in [2.75, 3.05) is 19.1 Å². The number of aldehydes is 1. The third-order valence-electron chi connectivity index (χ3n) is 5.54. The molecular formula is C25H26N4O2S2. The lowest BCUT2D eigenvalue weighted by Gasteiger charge is -2.30. The van der Waals surface area contributed by atoms with E-state index in [4.69, 9.17) is 15.9 Å². The van der Waals surface area contributed by atoms with Crippen LogP contribution in [0.5, 0.6) is 5.75 Å². The summed E-state index contributed by atoms with van der Waals surface area (Å²) in [4.78, 5) is 15.6. The number of likely N-dealkylation sites (N-methyl/N-ethyl adjacent to an activating group) is 1. The van der Waals surface area contributed by atoms with Crippen LogP contribution in [0.1, 0.15) is 21.5 Å². The van der Waals surface area contributed by atoms with Crippen LogP contribution in [0, 0.1) is 5.41 Å². The van der Waals surface area contributed by atoms with Crippen LogP contribution >= 0.6 is 23.7 Å². The number of nitrogens with zero attached hydrogens (tertiary/aromatic N) is 1. The summed E-state index contributed by atoms with van der Waals surface area (Å²) in [7, 11) is 3.79. The number of fused-ring (bicyclic) bond motifs is 1. The minimum atomic E-state index is 0.0606. The summed E-state index contributed by atoms with van der Waals surface area (Å²) in [6.07, 6.45) is 1.61. The number of ether oxygens (including phenoxy) is 1. The van der Waals surface area contributed by atoms with Crippen LogP contribution in [0.25, 0.3) is 0 Å². The van der Waals surface area contributed by atoms with Crippen LogP contribution in [-0.4, -0.2) is 37.7 Å². The molecule has 0 spiro atoms. The quantitative estimate of drug-likeness (QED) is 0.180. The van der Waals surface area contributed by atoms with E-state index in [1.807, 2.05) is 42.5 Å². The third kappa shape index (κ3) is 5.35. The molecule has 0 radical (unpaired) electrons. The van der Waals surface area contributed by atoms with Crippen LogP contribution in [-0.2, 0) is 6.42 Å². The minimum Gasteiger partial charge on any atom is -0.497 e. The van der Waals surface area contributed by atoms with Crippen molar-refractivity contribution in [3.63, 3.8) is 0 Å². The average Bonchev–Trinajstić information content (AvgIpc) is 3.17. The van der Waals surface area contributed by atoms with E-state index >= 15 is 0 Å². The van der Waals surface area contributed by atoms with Gasteiger partial charge in [-0.25, -0.2) is 0 Å². The van der Waals surface area contributed by atoms with Gasteiger partial charge in [0.2, 0.25) is 0 Å². The van der Waals surface area contributed by atoms with E-state index in [1.54, 1.807) is 24.9 Å². The molecule has 3 aromatic rings. The second-order valence-corrected chi connectivity index (χ2v) is 9.86. The van der Waals surface area contributed by atoms with Gasteiger partial charge >= 0.3 is 0 Å². The van der Waals surface area contributed by atoms with Crippen molar-refractivity contribution in [1.29, 1.82) is 5.41 Å². The molecule has 2 unspecified atom stereocenters. The van der Waals surface area contributed by atoms with Gasteiger partial charge in [-0.2, -0.15) is 0 Å². The Bertz CT molecular complexity index is 1170. The van der Waals surface area contributed by atoms with Gasteiger partial charge in [0.15, 0.2) is 0 Å². The monoisotopic (exact) mass is 478 g/mol. The number of rotatable bonds is 9. The average molecular weight is 479 g/mol. The SMILES string of the molecule is COc1ccc2c(c1)SC(C(Cc1cccc(C(=N)N)c1)NSc1cccc(C=O)c1)N2C. The largest absolute Gasteiger partial charge is 0.497 e. The molecule has 0 amide bonds. The number of hydrogen-bond acceptors (Lipinski definition) is 7. The molecule has 1 aliphatic rings. The lowest BCUT2D eigenvalue weighted by Crippen LogP contribution is -2.44. The Morgan fingerprint density at radius 3 is 2.82 bits per heavy atom. The number of nitrogens with two attached hydrogens (primary N) is 1. The standard InChI is InChI=1S/C25H26N4O2S2/c1-29-22-10-9-19(31-2)14-23(22)32-25(29)21(13-16-5-3-7-18(11-16)24(26)27)28-33-20-8-4-6-17(12-20)15-30/h3-12,14-15,21,25,28H,13H2,1-2H3,(H3,26,27). The Morgan fingerprint density at radius 2 is 2.06 bits per heavy atom. The van der Waals surface area contributed by atoms with E-state index in [0.29, 0.717) is 5.56 Å². The molecule has 170 valence electrons. The fourth-order valence-electron chi connectivity index (χ4n) is 3.82. The second-order valence-electron chi connectivity index (χ2n) is 7.79. The summed E-state index contributed by atoms with van der Waals surface area (Å²) in [5.74, 6) is 0.905. The van der Waals surface area contributed by atoms with Gasteiger partial charge < -0.3 is 15.4 Å². The zero-order valence-corrected chi connectivity index (χ0v) is 20.1. The number of nitrogens with one attached hydrogen (secondary N) is 2. The molecule has 3 aromatic carbocycles. The predicted molar refractivity (Wildman–Crippen MR) is 137 cm³/mol. The predicted octanol–water partition coefficient (Wildman–Crippen LogP) is 4.57. The molecule has 0 bridgehead atoms. The fourth-order valence-corrected chi connectivity index (χ4v) is 6.13. The zero-order chi connectivity index (χ0) is 23.4. The first kappa shape index (κ1) is 23.2. The van der Waals surface area contributed by atoms with Gasteiger partial charge in [-0.15, -0.1) is 0 Å². The smallest absolute Gasteiger partial charge is 0.150 e. The number of anilines is 1. The van der Waals surface area contributed by atoms with Crippen molar-refractivity contribution >= 4 is 41.5 Å². The lowest BCUT2D eigenvalue weighted by molar-refractivity contribution is 0.112. The molecule has 4 rings (SSSR count). The third-order valence-corrected chi connectivity index (χ3v) is 7.91. The summed E-state index contributed by atoms with van der Waals surface area (Å²) in [5.41, 5.74) is 9.36. The Labute approximate surface area is 202 Å². The summed E-state index contributed by atoms with van der Waals surface area (Å²) >= 11 is 3.32. The van der Waals surface area contributed by atoms with Gasteiger partial charge in [0.1, 0.15) is 17.9 Å². The summed E-state index contributed by atoms with van der Waals surface area (Å²) in [6, 6.07) is 21.6. The molecule has 4 N–H and O–H groups in total. The van der Waals surface area contributed by atoms with Gasteiger partial charge in [0.25, 0.3) is 0 Å². The topological polar surface area (TPSA) is 91.4 Å². The first-order chi connectivity index (χ1) is 16.0. The molecule has 1 heterocycles. The number of benzene rings is 3. The molecule has 0 aromatic heterocycles. The number of thioether (sulfide) groups is 1. The molecule has 0 saturated heterocycles. The maximum Gasteiger partial charge on any atom is 0.150 e. The highest BCUT2D eigenvalue weighted by atomic mass is 32.2. The van der Waals surface area contributed by atoms with E-state index in [2.05, 4.69) is 34.9 Å². The van der Waals surface area contributed by atoms with E-state index in [1.165, 1.54) is 22.5 Å². The molecule has 6 nitrogen and oxygen atoms in total. The molecule has 8 heteroatoms. The summed E-state index contributed by atoms with van der Waals surface area (Å²) in [6.45, 7) is 0. The molecule has 0 aliphatic carbocycles. The molecule has 0 fully saturated rings. The van der Waals surface area contributed by atoms with Gasteiger partial charge in [-0.1, -0.05) is 42.1 Å². The molecule has 2 atom stereocenters. The highest BCUT2D eigenvalue weighted by molar-refractivity contribution is 8.00. The number of nitrogen functional groups attached to an aromatic ring is 1. The normalized spacial score (nSPS) is 15.7. The van der Waals surface area contributed by atoms with Crippen LogP contribution in [0.3, 0.4) is 0 Å². The maximum atomic E-state index is 11.2. The Kier molecular flexibility index (Phi) is 7.27. The number of carbonyl (C=O) groups is 1. The first-order valence-corrected chi connectivity index (χ1v) is 12.2. The molecule has 33 heavy (non-hydrogen) atoms. The van der Waals surface area contributed by atoms with Gasteiger partial charge in [0.05, 0.1) is 24.2 Å². The zero-order valence-electron chi connectivity index (χ0n) is 18.4. The molecular weight excluding hydrogens is 452 g/mol. The Balaban J connectivity index is 1.60. The summed E-state index contributed by atoms with van der Waals surface area (Å²) < 4.78 is 9.06. The van der Waals surface area contributed by atoms with Crippen molar-refractivity contribution in [3.8, 4) is 5.75 Å². The number of hydrogen-bond donors (Lipinski definition) is 3. The van der Waals surface area contributed by atoms with Crippen molar-refractivity contribution < 1.29 is 9.53 Å². The number of amidine groups is 1. The van der Waals surface area contributed by atoms with Gasteiger partial charge in [0, 0.05) is 28.0 Å². The van der Waals surface area contributed by atoms with Crippen LogP contribution in [0.15, 0.2) is 76.5 Å². The van der Waals surface area contributed by atoms with E-state index in [9.17, 15) is 4.79 Å². The highest BCUT2D eigenvalue weighted by Gasteiger charge is 2.34. The van der Waals surface area contributed by atoms with E-state index in [-0.39, 0.29) is 17.3 Å². The van der Waals surface area contributed by atoms with E-state index < -0.39 is 0 Å².